The zero-order valence-corrected chi connectivity index (χ0v) is 12.9. The van der Waals surface area contributed by atoms with Crippen molar-refractivity contribution in [2.45, 2.75) is 32.4 Å². The molecule has 2 aromatic rings. The lowest BCUT2D eigenvalue weighted by Gasteiger charge is -2.12. The Morgan fingerprint density at radius 1 is 1.18 bits per heavy atom. The van der Waals surface area contributed by atoms with Gasteiger partial charge in [0.1, 0.15) is 0 Å². The summed E-state index contributed by atoms with van der Waals surface area (Å²) < 4.78 is 0. The van der Waals surface area contributed by atoms with Gasteiger partial charge in [0.2, 0.25) is 5.91 Å². The number of rotatable bonds is 4. The second-order valence-electron chi connectivity index (χ2n) is 5.94. The van der Waals surface area contributed by atoms with E-state index in [0.29, 0.717) is 6.54 Å². The number of hydrogen-bond acceptors (Lipinski definition) is 2. The van der Waals surface area contributed by atoms with E-state index >= 15 is 0 Å². The standard InChI is InChI=1S/C19H22N2O/c1-14-5-2-7-16(11-14)17-8-3-6-15(12-17)13-21-19(22)18-9-4-10-20-18/h2-3,5-8,11-12,18,20H,4,9-10,13H2,1H3,(H,21,22). The molecule has 1 unspecified atom stereocenters. The highest BCUT2D eigenvalue weighted by atomic mass is 16.2. The fraction of sp³-hybridized carbons (Fsp3) is 0.316. The first-order chi connectivity index (χ1) is 10.7. The van der Waals surface area contributed by atoms with Gasteiger partial charge < -0.3 is 10.6 Å². The Morgan fingerprint density at radius 3 is 2.68 bits per heavy atom. The van der Waals surface area contributed by atoms with Crippen LogP contribution in [0.1, 0.15) is 24.0 Å². The first-order valence-corrected chi connectivity index (χ1v) is 7.89. The summed E-state index contributed by atoms with van der Waals surface area (Å²) in [5.74, 6) is 0.110. The molecular formula is C19H22N2O. The quantitative estimate of drug-likeness (QED) is 0.910. The van der Waals surface area contributed by atoms with Gasteiger partial charge in [-0.1, -0.05) is 48.0 Å². The lowest BCUT2D eigenvalue weighted by molar-refractivity contribution is -0.122. The van der Waals surface area contributed by atoms with Crippen molar-refractivity contribution in [2.75, 3.05) is 6.54 Å². The van der Waals surface area contributed by atoms with E-state index in [4.69, 9.17) is 0 Å². The molecule has 1 fully saturated rings. The van der Waals surface area contributed by atoms with Gasteiger partial charge in [-0.2, -0.15) is 0 Å². The van der Waals surface area contributed by atoms with E-state index in [2.05, 4.69) is 60.0 Å². The maximum absolute atomic E-state index is 12.0. The van der Waals surface area contributed by atoms with Crippen LogP contribution >= 0.6 is 0 Å². The van der Waals surface area contributed by atoms with Crippen molar-refractivity contribution in [3.8, 4) is 11.1 Å². The molecule has 1 aliphatic rings. The third kappa shape index (κ3) is 3.55. The van der Waals surface area contributed by atoms with Crippen LogP contribution in [0.15, 0.2) is 48.5 Å². The van der Waals surface area contributed by atoms with Crippen LogP contribution in [-0.4, -0.2) is 18.5 Å². The van der Waals surface area contributed by atoms with E-state index in [9.17, 15) is 4.79 Å². The molecule has 1 amide bonds. The van der Waals surface area contributed by atoms with Crippen molar-refractivity contribution in [3.63, 3.8) is 0 Å². The Hall–Kier alpha value is -2.13. The summed E-state index contributed by atoms with van der Waals surface area (Å²) in [5, 5.41) is 6.25. The largest absolute Gasteiger partial charge is 0.351 e. The summed E-state index contributed by atoms with van der Waals surface area (Å²) in [6.45, 7) is 3.62. The number of benzene rings is 2. The Morgan fingerprint density at radius 2 is 1.95 bits per heavy atom. The molecule has 3 heteroatoms. The fourth-order valence-corrected chi connectivity index (χ4v) is 2.91. The molecule has 0 aliphatic carbocycles. The molecule has 1 saturated heterocycles. The minimum Gasteiger partial charge on any atom is -0.351 e. The summed E-state index contributed by atoms with van der Waals surface area (Å²) in [6.07, 6.45) is 2.02. The van der Waals surface area contributed by atoms with Crippen LogP contribution in [0.5, 0.6) is 0 Å². The molecule has 0 saturated carbocycles. The molecule has 0 bridgehead atoms. The van der Waals surface area contributed by atoms with Crippen LogP contribution in [0, 0.1) is 6.92 Å². The summed E-state index contributed by atoms with van der Waals surface area (Å²) >= 11 is 0. The SMILES string of the molecule is Cc1cccc(-c2cccc(CNC(=O)C3CCCN3)c2)c1. The average Bonchev–Trinajstić information content (AvgIpc) is 3.07. The lowest BCUT2D eigenvalue weighted by Crippen LogP contribution is -2.39. The van der Waals surface area contributed by atoms with Crippen LogP contribution in [-0.2, 0) is 11.3 Å². The maximum Gasteiger partial charge on any atom is 0.237 e. The number of amides is 1. The molecule has 2 N–H and O–H groups in total. The second kappa shape index (κ2) is 6.75. The predicted octanol–water partition coefficient (Wildman–Crippen LogP) is 3.03. The van der Waals surface area contributed by atoms with E-state index in [1.54, 1.807) is 0 Å². The van der Waals surface area contributed by atoms with Crippen molar-refractivity contribution in [2.24, 2.45) is 0 Å². The average molecular weight is 294 g/mol. The first-order valence-electron chi connectivity index (χ1n) is 7.89. The van der Waals surface area contributed by atoms with E-state index in [0.717, 1.165) is 24.9 Å². The topological polar surface area (TPSA) is 41.1 Å². The molecule has 2 aromatic carbocycles. The Balaban J connectivity index is 1.67. The van der Waals surface area contributed by atoms with E-state index < -0.39 is 0 Å². The molecule has 114 valence electrons. The maximum atomic E-state index is 12.0. The van der Waals surface area contributed by atoms with Gasteiger partial charge in [-0.25, -0.2) is 0 Å². The summed E-state index contributed by atoms with van der Waals surface area (Å²) in [5.41, 5.74) is 4.79. The third-order valence-electron chi connectivity index (χ3n) is 4.12. The smallest absolute Gasteiger partial charge is 0.237 e. The van der Waals surface area contributed by atoms with Crippen LogP contribution < -0.4 is 10.6 Å². The number of carbonyl (C=O) groups excluding carboxylic acids is 1. The van der Waals surface area contributed by atoms with E-state index in [1.165, 1.54) is 16.7 Å². The van der Waals surface area contributed by atoms with Crippen molar-refractivity contribution in [1.29, 1.82) is 0 Å². The Bertz CT molecular complexity index is 660. The summed E-state index contributed by atoms with van der Waals surface area (Å²) in [4.78, 5) is 12.0. The van der Waals surface area contributed by atoms with E-state index in [-0.39, 0.29) is 11.9 Å². The zero-order valence-electron chi connectivity index (χ0n) is 12.9. The normalized spacial score (nSPS) is 17.4. The van der Waals surface area contributed by atoms with Gasteiger partial charge >= 0.3 is 0 Å². The summed E-state index contributed by atoms with van der Waals surface area (Å²) in [7, 11) is 0. The van der Waals surface area contributed by atoms with Gasteiger partial charge in [-0.15, -0.1) is 0 Å². The molecule has 0 radical (unpaired) electrons. The van der Waals surface area contributed by atoms with Gasteiger partial charge in [-0.3, -0.25) is 4.79 Å². The van der Waals surface area contributed by atoms with Crippen LogP contribution in [0.3, 0.4) is 0 Å². The summed E-state index contributed by atoms with van der Waals surface area (Å²) in [6, 6.07) is 16.8. The minimum absolute atomic E-state index is 0.0139. The van der Waals surface area contributed by atoms with Gasteiger partial charge in [0.15, 0.2) is 0 Å². The highest BCUT2D eigenvalue weighted by Gasteiger charge is 2.21. The van der Waals surface area contributed by atoms with Crippen molar-refractivity contribution in [1.82, 2.24) is 10.6 Å². The second-order valence-corrected chi connectivity index (χ2v) is 5.94. The number of aryl methyl sites for hydroxylation is 1. The monoisotopic (exact) mass is 294 g/mol. The van der Waals surface area contributed by atoms with Crippen molar-refractivity contribution >= 4 is 5.91 Å². The van der Waals surface area contributed by atoms with Gasteiger partial charge in [0.05, 0.1) is 6.04 Å². The van der Waals surface area contributed by atoms with Crippen LogP contribution in [0.2, 0.25) is 0 Å². The Labute approximate surface area is 131 Å². The zero-order chi connectivity index (χ0) is 15.4. The highest BCUT2D eigenvalue weighted by molar-refractivity contribution is 5.82. The minimum atomic E-state index is -0.0139. The molecule has 0 spiro atoms. The van der Waals surface area contributed by atoms with Gasteiger partial charge in [0, 0.05) is 6.54 Å². The fourth-order valence-electron chi connectivity index (χ4n) is 2.91. The lowest BCUT2D eigenvalue weighted by atomic mass is 10.0. The molecular weight excluding hydrogens is 272 g/mol. The molecule has 1 heterocycles. The number of nitrogens with one attached hydrogen (secondary N) is 2. The number of hydrogen-bond donors (Lipinski definition) is 2. The molecule has 1 aliphatic heterocycles. The van der Waals surface area contributed by atoms with Gasteiger partial charge in [-0.05, 0) is 49.1 Å². The Kier molecular flexibility index (Phi) is 4.54. The van der Waals surface area contributed by atoms with Crippen molar-refractivity contribution < 1.29 is 4.79 Å². The molecule has 22 heavy (non-hydrogen) atoms. The molecule has 3 nitrogen and oxygen atoms in total. The third-order valence-corrected chi connectivity index (χ3v) is 4.12. The highest BCUT2D eigenvalue weighted by Crippen LogP contribution is 2.21. The molecule has 0 aromatic heterocycles. The van der Waals surface area contributed by atoms with Crippen molar-refractivity contribution in [3.05, 3.63) is 59.7 Å². The first kappa shape index (κ1) is 14.8. The van der Waals surface area contributed by atoms with Crippen LogP contribution in [0.25, 0.3) is 11.1 Å². The predicted molar refractivity (Wildman–Crippen MR) is 89.5 cm³/mol. The molecule has 1 atom stereocenters. The number of carbonyl (C=O) groups is 1. The van der Waals surface area contributed by atoms with Gasteiger partial charge in [0.25, 0.3) is 0 Å². The molecule has 3 rings (SSSR count). The van der Waals surface area contributed by atoms with E-state index in [1.807, 2.05) is 6.07 Å². The van der Waals surface area contributed by atoms with Crippen LogP contribution in [0.4, 0.5) is 0 Å².